The quantitative estimate of drug-likeness (QED) is 0.816. The van der Waals surface area contributed by atoms with Crippen molar-refractivity contribution in [3.8, 4) is 11.8 Å². The molecule has 0 saturated heterocycles. The van der Waals surface area contributed by atoms with Gasteiger partial charge >= 0.3 is 0 Å². The molecule has 0 bridgehead atoms. The van der Waals surface area contributed by atoms with Crippen molar-refractivity contribution in [1.29, 1.82) is 0 Å². The van der Waals surface area contributed by atoms with Crippen molar-refractivity contribution in [3.05, 3.63) is 29.8 Å². The first kappa shape index (κ1) is 16.0. The SMILES string of the molecule is O=S(=O)(NCC1CCCC1)c1ccccc1C#CCCO. The molecule has 0 aromatic heterocycles. The summed E-state index contributed by atoms with van der Waals surface area (Å²) in [5.41, 5.74) is 0.477. The van der Waals surface area contributed by atoms with Crippen LogP contribution in [0.1, 0.15) is 37.7 Å². The molecule has 114 valence electrons. The third kappa shape index (κ3) is 4.57. The minimum atomic E-state index is -3.53. The van der Waals surface area contributed by atoms with E-state index in [4.69, 9.17) is 5.11 Å². The highest BCUT2D eigenvalue weighted by Gasteiger charge is 2.21. The number of rotatable bonds is 5. The second-order valence-electron chi connectivity index (χ2n) is 5.27. The molecule has 0 spiro atoms. The predicted octanol–water partition coefficient (Wildman–Crippen LogP) is 1.89. The standard InChI is InChI=1S/C16H21NO3S/c18-12-6-5-10-15-9-3-4-11-16(15)21(19,20)17-13-14-7-1-2-8-14/h3-4,9,11,14,17-18H,1-2,6-8,12-13H2. The maximum absolute atomic E-state index is 12.4. The molecule has 0 heterocycles. The molecule has 0 aliphatic heterocycles. The van der Waals surface area contributed by atoms with E-state index in [1.807, 2.05) is 0 Å². The van der Waals surface area contributed by atoms with Crippen molar-refractivity contribution in [1.82, 2.24) is 4.72 Å². The van der Waals surface area contributed by atoms with Crippen molar-refractivity contribution in [2.24, 2.45) is 5.92 Å². The predicted molar refractivity (Wildman–Crippen MR) is 82.2 cm³/mol. The lowest BCUT2D eigenvalue weighted by Gasteiger charge is -2.12. The summed E-state index contributed by atoms with van der Waals surface area (Å²) in [5.74, 6) is 6.04. The summed E-state index contributed by atoms with van der Waals surface area (Å²) in [6.45, 7) is 0.475. The number of hydrogen-bond acceptors (Lipinski definition) is 3. The Morgan fingerprint density at radius 3 is 2.67 bits per heavy atom. The Hall–Kier alpha value is -1.35. The van der Waals surface area contributed by atoms with E-state index in [2.05, 4.69) is 16.6 Å². The number of aliphatic hydroxyl groups excluding tert-OH is 1. The van der Waals surface area contributed by atoms with E-state index in [1.165, 1.54) is 12.8 Å². The molecule has 1 aromatic rings. The van der Waals surface area contributed by atoms with Crippen molar-refractivity contribution in [3.63, 3.8) is 0 Å². The van der Waals surface area contributed by atoms with Crippen molar-refractivity contribution in [2.45, 2.75) is 37.0 Å². The van der Waals surface area contributed by atoms with Crippen LogP contribution in [0, 0.1) is 17.8 Å². The molecule has 1 aliphatic carbocycles. The number of sulfonamides is 1. The van der Waals surface area contributed by atoms with Gasteiger partial charge in [-0.3, -0.25) is 0 Å². The zero-order valence-corrected chi connectivity index (χ0v) is 12.8. The first-order valence-corrected chi connectivity index (χ1v) is 8.80. The fourth-order valence-corrected chi connectivity index (χ4v) is 3.81. The largest absolute Gasteiger partial charge is 0.395 e. The highest BCUT2D eigenvalue weighted by atomic mass is 32.2. The lowest BCUT2D eigenvalue weighted by Crippen LogP contribution is -2.29. The molecular formula is C16H21NO3S. The highest BCUT2D eigenvalue weighted by molar-refractivity contribution is 7.89. The first-order chi connectivity index (χ1) is 10.1. The van der Waals surface area contributed by atoms with Gasteiger partial charge in [-0.2, -0.15) is 0 Å². The van der Waals surface area contributed by atoms with Gasteiger partial charge < -0.3 is 5.11 Å². The zero-order chi connectivity index (χ0) is 15.1. The van der Waals surface area contributed by atoms with E-state index in [-0.39, 0.29) is 11.5 Å². The minimum absolute atomic E-state index is 0.0259. The Kier molecular flexibility index (Phi) is 5.80. The van der Waals surface area contributed by atoms with Crippen LogP contribution in [0.2, 0.25) is 0 Å². The van der Waals surface area contributed by atoms with E-state index in [9.17, 15) is 8.42 Å². The smallest absolute Gasteiger partial charge is 0.241 e. The van der Waals surface area contributed by atoms with Gasteiger partial charge in [-0.1, -0.05) is 36.8 Å². The maximum Gasteiger partial charge on any atom is 0.241 e. The molecule has 0 radical (unpaired) electrons. The number of nitrogens with one attached hydrogen (secondary N) is 1. The van der Waals surface area contributed by atoms with Gasteiger partial charge in [-0.05, 0) is 30.9 Å². The third-order valence-corrected chi connectivity index (χ3v) is 5.15. The summed E-state index contributed by atoms with van der Waals surface area (Å²) >= 11 is 0. The molecule has 1 aromatic carbocycles. The van der Waals surface area contributed by atoms with Crippen LogP contribution in [0.25, 0.3) is 0 Å². The average molecular weight is 307 g/mol. The summed E-state index contributed by atoms with van der Waals surface area (Å²) < 4.78 is 27.5. The second-order valence-corrected chi connectivity index (χ2v) is 7.01. The molecule has 2 N–H and O–H groups in total. The number of hydrogen-bond donors (Lipinski definition) is 2. The van der Waals surface area contributed by atoms with Crippen LogP contribution in [0.15, 0.2) is 29.2 Å². The molecule has 1 saturated carbocycles. The van der Waals surface area contributed by atoms with Crippen LogP contribution in [-0.2, 0) is 10.0 Å². The highest BCUT2D eigenvalue weighted by Crippen LogP contribution is 2.24. The molecule has 2 rings (SSSR count). The van der Waals surface area contributed by atoms with Gasteiger partial charge in [0.25, 0.3) is 0 Å². The van der Waals surface area contributed by atoms with Gasteiger partial charge in [0, 0.05) is 18.5 Å². The molecule has 1 aliphatic rings. The second kappa shape index (κ2) is 7.60. The van der Waals surface area contributed by atoms with Crippen LogP contribution in [0.3, 0.4) is 0 Å². The first-order valence-electron chi connectivity index (χ1n) is 7.32. The number of aliphatic hydroxyl groups is 1. The summed E-state index contributed by atoms with van der Waals surface area (Å²) in [5, 5.41) is 8.75. The van der Waals surface area contributed by atoms with Crippen LogP contribution in [-0.4, -0.2) is 26.7 Å². The Bertz CT molecular complexity index is 622. The van der Waals surface area contributed by atoms with Gasteiger partial charge in [-0.25, -0.2) is 13.1 Å². The maximum atomic E-state index is 12.4. The summed E-state index contributed by atoms with van der Waals surface area (Å²) in [7, 11) is -3.53. The van der Waals surface area contributed by atoms with E-state index in [0.29, 0.717) is 24.4 Å². The Morgan fingerprint density at radius 1 is 1.24 bits per heavy atom. The minimum Gasteiger partial charge on any atom is -0.395 e. The molecule has 0 unspecified atom stereocenters. The molecule has 0 amide bonds. The van der Waals surface area contributed by atoms with Crippen molar-refractivity contribution in [2.75, 3.05) is 13.2 Å². The van der Waals surface area contributed by atoms with E-state index in [1.54, 1.807) is 24.3 Å². The molecule has 4 nitrogen and oxygen atoms in total. The van der Waals surface area contributed by atoms with Crippen LogP contribution < -0.4 is 4.72 Å². The van der Waals surface area contributed by atoms with Gasteiger partial charge in [-0.15, -0.1) is 0 Å². The molecule has 5 heteroatoms. The Labute approximate surface area is 126 Å². The molecule has 1 fully saturated rings. The van der Waals surface area contributed by atoms with Crippen LogP contribution in [0.5, 0.6) is 0 Å². The Morgan fingerprint density at radius 2 is 1.95 bits per heavy atom. The topological polar surface area (TPSA) is 66.4 Å². The van der Waals surface area contributed by atoms with Crippen molar-refractivity contribution >= 4 is 10.0 Å². The number of benzene rings is 1. The van der Waals surface area contributed by atoms with Crippen molar-refractivity contribution < 1.29 is 13.5 Å². The average Bonchev–Trinajstić information content (AvgIpc) is 2.99. The zero-order valence-electron chi connectivity index (χ0n) is 12.0. The lowest BCUT2D eigenvalue weighted by atomic mass is 10.1. The van der Waals surface area contributed by atoms with E-state index >= 15 is 0 Å². The van der Waals surface area contributed by atoms with Gasteiger partial charge in [0.15, 0.2) is 0 Å². The fourth-order valence-electron chi connectivity index (χ4n) is 2.54. The molecule has 0 atom stereocenters. The molecular weight excluding hydrogens is 286 g/mol. The summed E-state index contributed by atoms with van der Waals surface area (Å²) in [6.07, 6.45) is 4.91. The molecule has 21 heavy (non-hydrogen) atoms. The lowest BCUT2D eigenvalue weighted by molar-refractivity contribution is 0.305. The normalized spacial score (nSPS) is 15.7. The Balaban J connectivity index is 2.13. The summed E-state index contributed by atoms with van der Waals surface area (Å²) in [4.78, 5) is 0.216. The monoisotopic (exact) mass is 307 g/mol. The fraction of sp³-hybridized carbons (Fsp3) is 0.500. The van der Waals surface area contributed by atoms with Gasteiger partial charge in [0.2, 0.25) is 10.0 Å². The third-order valence-electron chi connectivity index (χ3n) is 3.67. The van der Waals surface area contributed by atoms with E-state index in [0.717, 1.165) is 12.8 Å². The summed E-state index contributed by atoms with van der Waals surface area (Å²) in [6, 6.07) is 6.72. The van der Waals surface area contributed by atoms with Gasteiger partial charge in [0.1, 0.15) is 0 Å². The van der Waals surface area contributed by atoms with E-state index < -0.39 is 10.0 Å². The van der Waals surface area contributed by atoms with Gasteiger partial charge in [0.05, 0.1) is 11.5 Å². The van der Waals surface area contributed by atoms with Crippen LogP contribution in [0.4, 0.5) is 0 Å². The van der Waals surface area contributed by atoms with Crippen LogP contribution >= 0.6 is 0 Å².